The fourth-order valence-corrected chi connectivity index (χ4v) is 5.17. The number of nitrogens with zero attached hydrogens (tertiary/aromatic N) is 4. The molecule has 2 saturated heterocycles. The van der Waals surface area contributed by atoms with E-state index in [9.17, 15) is 14.7 Å². The third kappa shape index (κ3) is 6.91. The second-order valence-corrected chi connectivity index (χ2v) is 10.6. The maximum absolute atomic E-state index is 11.9. The molecular formula is C31H34N6O7. The molecule has 2 aromatic carbocycles. The Balaban J connectivity index is 1.19. The zero-order valence-corrected chi connectivity index (χ0v) is 24.3. The van der Waals surface area contributed by atoms with Crippen LogP contribution in [0.15, 0.2) is 60.8 Å². The number of hydrogen-bond donors (Lipinski definition) is 3. The molecule has 0 aliphatic carbocycles. The zero-order chi connectivity index (χ0) is 30.5. The zero-order valence-electron chi connectivity index (χ0n) is 24.3. The van der Waals surface area contributed by atoms with Crippen molar-refractivity contribution in [2.45, 2.75) is 19.4 Å². The molecule has 6 rings (SSSR count). The van der Waals surface area contributed by atoms with Crippen molar-refractivity contribution in [1.82, 2.24) is 9.97 Å². The third-order valence-corrected chi connectivity index (χ3v) is 7.52. The van der Waals surface area contributed by atoms with E-state index in [1.165, 1.54) is 6.07 Å². The van der Waals surface area contributed by atoms with Gasteiger partial charge in [-0.15, -0.1) is 0 Å². The number of aromatic nitrogens is 2. The molecule has 13 heteroatoms. The Kier molecular flexibility index (Phi) is 8.59. The lowest BCUT2D eigenvalue weighted by Crippen LogP contribution is -2.38. The molecule has 0 amide bonds. The Morgan fingerprint density at radius 3 is 2.09 bits per heavy atom. The minimum absolute atomic E-state index is 0.0808. The highest BCUT2D eigenvalue weighted by Gasteiger charge is 2.40. The van der Waals surface area contributed by atoms with Gasteiger partial charge in [-0.2, -0.15) is 0 Å². The molecule has 0 saturated carbocycles. The van der Waals surface area contributed by atoms with Crippen LogP contribution in [0.2, 0.25) is 0 Å². The molecule has 3 aliphatic heterocycles. The van der Waals surface area contributed by atoms with Crippen molar-refractivity contribution in [2.75, 3.05) is 73.0 Å². The highest BCUT2D eigenvalue weighted by atomic mass is 16.8. The molecule has 4 heterocycles. The van der Waals surface area contributed by atoms with Crippen LogP contribution in [-0.4, -0.2) is 79.6 Å². The van der Waals surface area contributed by atoms with Crippen LogP contribution in [-0.2, 0) is 41.1 Å². The second-order valence-electron chi connectivity index (χ2n) is 10.6. The normalized spacial score (nSPS) is 18.3. The minimum Gasteiger partial charge on any atom is -0.391 e. The van der Waals surface area contributed by atoms with Crippen molar-refractivity contribution in [3.63, 3.8) is 0 Å². The maximum Gasteiger partial charge on any atom is 0.403 e. The van der Waals surface area contributed by atoms with Gasteiger partial charge >= 0.3 is 17.9 Å². The number of benzene rings is 2. The highest BCUT2D eigenvalue weighted by molar-refractivity contribution is 5.93. The lowest BCUT2D eigenvalue weighted by Gasteiger charge is -2.33. The van der Waals surface area contributed by atoms with E-state index in [2.05, 4.69) is 43.6 Å². The standard InChI is InChI=1S/C31H34N6O7/c1-21-2-3-22(31(40)43-28(38)4-5-29(39)44-31)16-27(21)33-20-23-6-7-32-30(34-23)35-24-17-25(36-8-12-41-13-9-36)19-26(18-24)37-10-14-42-15-11-37/h2-7,16-19,33,40H,8-15,20H2,1H3,(H,32,34,35). The Bertz CT molecular complexity index is 1500. The number of ether oxygens (including phenoxy) is 4. The first kappa shape index (κ1) is 29.4. The first-order valence-electron chi connectivity index (χ1n) is 14.5. The Hall–Kier alpha value is -4.72. The number of anilines is 5. The van der Waals surface area contributed by atoms with Crippen molar-refractivity contribution in [1.29, 1.82) is 0 Å². The SMILES string of the molecule is Cc1ccc(C2(O)OC(=O)C=CC(=O)O2)cc1NCc1ccnc(Nc2cc(N3CCOCC3)cc(N3CCOCC3)c2)n1. The molecule has 2 fully saturated rings. The van der Waals surface area contributed by atoms with Crippen LogP contribution in [0.5, 0.6) is 0 Å². The van der Waals surface area contributed by atoms with Gasteiger partial charge < -0.3 is 44.5 Å². The van der Waals surface area contributed by atoms with Crippen LogP contribution in [0.25, 0.3) is 0 Å². The first-order chi connectivity index (χ1) is 21.3. The third-order valence-electron chi connectivity index (χ3n) is 7.52. The Morgan fingerprint density at radius 2 is 1.48 bits per heavy atom. The fourth-order valence-electron chi connectivity index (χ4n) is 5.17. The summed E-state index contributed by atoms with van der Waals surface area (Å²) in [6.07, 6.45) is 3.48. The van der Waals surface area contributed by atoms with E-state index >= 15 is 0 Å². The Labute approximate surface area is 254 Å². The molecular weight excluding hydrogens is 568 g/mol. The number of rotatable bonds is 8. The van der Waals surface area contributed by atoms with E-state index in [-0.39, 0.29) is 5.56 Å². The molecule has 0 spiro atoms. The van der Waals surface area contributed by atoms with Crippen LogP contribution in [0.4, 0.5) is 28.7 Å². The maximum atomic E-state index is 11.9. The van der Waals surface area contributed by atoms with Gasteiger partial charge in [0, 0.05) is 67.3 Å². The molecule has 0 radical (unpaired) electrons. The van der Waals surface area contributed by atoms with E-state index in [1.54, 1.807) is 24.4 Å². The van der Waals surface area contributed by atoms with Crippen molar-refractivity contribution < 1.29 is 33.6 Å². The highest BCUT2D eigenvalue weighted by Crippen LogP contribution is 2.32. The predicted molar refractivity (Wildman–Crippen MR) is 162 cm³/mol. The van der Waals surface area contributed by atoms with Crippen molar-refractivity contribution in [3.05, 3.63) is 77.6 Å². The molecule has 1 aromatic heterocycles. The number of carbonyl (C=O) groups excluding carboxylic acids is 2. The van der Waals surface area contributed by atoms with Gasteiger partial charge in [0.1, 0.15) is 0 Å². The van der Waals surface area contributed by atoms with Gasteiger partial charge in [-0.3, -0.25) is 0 Å². The summed E-state index contributed by atoms with van der Waals surface area (Å²) in [5.74, 6) is -3.91. The lowest BCUT2D eigenvalue weighted by molar-refractivity contribution is -0.330. The van der Waals surface area contributed by atoms with Gasteiger partial charge in [-0.25, -0.2) is 19.6 Å². The average molecular weight is 603 g/mol. The molecule has 0 unspecified atom stereocenters. The van der Waals surface area contributed by atoms with E-state index in [4.69, 9.17) is 23.9 Å². The predicted octanol–water partition coefficient (Wildman–Crippen LogP) is 2.57. The van der Waals surface area contributed by atoms with Gasteiger partial charge in [0.15, 0.2) is 0 Å². The van der Waals surface area contributed by atoms with Gasteiger partial charge in [-0.1, -0.05) is 6.07 Å². The van der Waals surface area contributed by atoms with Crippen molar-refractivity contribution >= 4 is 40.6 Å². The van der Waals surface area contributed by atoms with Crippen LogP contribution in [0.1, 0.15) is 16.8 Å². The topological polar surface area (TPSA) is 148 Å². The Morgan fingerprint density at radius 1 is 0.864 bits per heavy atom. The number of hydrogen-bond acceptors (Lipinski definition) is 13. The van der Waals surface area contributed by atoms with Crippen LogP contribution in [0.3, 0.4) is 0 Å². The van der Waals surface area contributed by atoms with E-state index < -0.39 is 17.9 Å². The largest absolute Gasteiger partial charge is 0.403 e. The quantitative estimate of drug-likeness (QED) is 0.325. The number of aryl methyl sites for hydroxylation is 1. The number of aliphatic hydroxyl groups is 1. The summed E-state index contributed by atoms with van der Waals surface area (Å²) in [4.78, 5) is 37.6. The van der Waals surface area contributed by atoms with E-state index in [0.717, 1.165) is 61.0 Å². The van der Waals surface area contributed by atoms with Gasteiger partial charge in [-0.05, 0) is 48.9 Å². The summed E-state index contributed by atoms with van der Waals surface area (Å²) in [7, 11) is 0. The average Bonchev–Trinajstić information content (AvgIpc) is 3.18. The van der Waals surface area contributed by atoms with Gasteiger partial charge in [0.2, 0.25) is 5.95 Å². The summed E-state index contributed by atoms with van der Waals surface area (Å²) >= 11 is 0. The molecule has 230 valence electrons. The summed E-state index contributed by atoms with van der Waals surface area (Å²) < 4.78 is 21.1. The number of carbonyl (C=O) groups is 2. The number of nitrogens with one attached hydrogen (secondary N) is 2. The van der Waals surface area contributed by atoms with Crippen molar-refractivity contribution in [3.8, 4) is 0 Å². The smallest absolute Gasteiger partial charge is 0.391 e. The second kappa shape index (κ2) is 12.9. The minimum atomic E-state index is -2.55. The van der Waals surface area contributed by atoms with E-state index in [1.807, 2.05) is 6.92 Å². The molecule has 3 N–H and O–H groups in total. The van der Waals surface area contributed by atoms with Crippen LogP contribution in [0, 0.1) is 6.92 Å². The molecule has 44 heavy (non-hydrogen) atoms. The molecule has 3 aliphatic rings. The summed E-state index contributed by atoms with van der Waals surface area (Å²) in [5, 5.41) is 17.5. The molecule has 0 bridgehead atoms. The summed E-state index contributed by atoms with van der Waals surface area (Å²) in [5.41, 5.74) is 5.36. The number of cyclic esters (lactones) is 2. The summed E-state index contributed by atoms with van der Waals surface area (Å²) in [6.45, 7) is 8.27. The first-order valence-corrected chi connectivity index (χ1v) is 14.5. The van der Waals surface area contributed by atoms with Gasteiger partial charge in [0.25, 0.3) is 0 Å². The molecule has 13 nitrogen and oxygen atoms in total. The monoisotopic (exact) mass is 602 g/mol. The van der Waals surface area contributed by atoms with Crippen molar-refractivity contribution in [2.24, 2.45) is 0 Å². The fraction of sp³-hybridized carbons (Fsp3) is 0.355. The lowest BCUT2D eigenvalue weighted by atomic mass is 10.1. The molecule has 0 atom stereocenters. The summed E-state index contributed by atoms with van der Waals surface area (Å²) in [6, 6.07) is 13.0. The number of esters is 2. The van der Waals surface area contributed by atoms with Crippen LogP contribution < -0.4 is 20.4 Å². The van der Waals surface area contributed by atoms with Gasteiger partial charge in [0.05, 0.1) is 44.2 Å². The van der Waals surface area contributed by atoms with E-state index in [0.29, 0.717) is 50.3 Å². The van der Waals surface area contributed by atoms with Crippen LogP contribution >= 0.6 is 0 Å². The number of morpholine rings is 2. The molecule has 3 aromatic rings.